The highest BCUT2D eigenvalue weighted by Gasteiger charge is 2.30. The molecule has 1 N–H and O–H groups in total. The van der Waals surface area contributed by atoms with E-state index in [2.05, 4.69) is 5.32 Å². The molecule has 2 aromatic carbocycles. The van der Waals surface area contributed by atoms with E-state index in [1.54, 1.807) is 29.2 Å². The molecular formula is C25H30Cl2N2O3. The van der Waals surface area contributed by atoms with Gasteiger partial charge in [0.25, 0.3) is 5.91 Å². The summed E-state index contributed by atoms with van der Waals surface area (Å²) in [6.45, 7) is 2.00. The molecule has 7 heteroatoms. The lowest BCUT2D eigenvalue weighted by atomic mass is 9.95. The summed E-state index contributed by atoms with van der Waals surface area (Å²) in [4.78, 5) is 28.0. The molecule has 1 saturated carbocycles. The SMILES string of the molecule is CC[C@H](C(=O)NC1CCCCC1)N(Cc1ccc(Cl)c(Cl)c1)C(=O)COc1ccccc1. The minimum Gasteiger partial charge on any atom is -0.484 e. The van der Waals surface area contributed by atoms with Crippen LogP contribution < -0.4 is 10.1 Å². The van der Waals surface area contributed by atoms with Crippen molar-refractivity contribution in [2.24, 2.45) is 0 Å². The fourth-order valence-electron chi connectivity index (χ4n) is 4.04. The van der Waals surface area contributed by atoms with E-state index in [1.807, 2.05) is 31.2 Å². The Kier molecular flexibility index (Phi) is 9.24. The Morgan fingerprint density at radius 3 is 2.44 bits per heavy atom. The summed E-state index contributed by atoms with van der Waals surface area (Å²) < 4.78 is 5.68. The third-order valence-electron chi connectivity index (χ3n) is 5.78. The molecule has 0 radical (unpaired) electrons. The number of ether oxygens (including phenoxy) is 1. The summed E-state index contributed by atoms with van der Waals surface area (Å²) in [5.41, 5.74) is 0.802. The molecule has 1 atom stereocenters. The number of nitrogens with one attached hydrogen (secondary N) is 1. The standard InChI is InChI=1S/C25H30Cl2N2O3/c1-2-23(25(31)28-19-9-5-3-6-10-19)29(16-18-13-14-21(26)22(27)15-18)24(30)17-32-20-11-7-4-8-12-20/h4,7-8,11-15,19,23H,2-3,5-6,9-10,16-17H2,1H3,(H,28,31)/t23-/m1/s1. The van der Waals surface area contributed by atoms with Gasteiger partial charge in [0.15, 0.2) is 6.61 Å². The monoisotopic (exact) mass is 476 g/mol. The molecule has 0 aliphatic heterocycles. The number of carbonyl (C=O) groups is 2. The zero-order valence-corrected chi connectivity index (χ0v) is 19.9. The van der Waals surface area contributed by atoms with Crippen molar-refractivity contribution in [2.75, 3.05) is 6.61 Å². The molecule has 1 aliphatic carbocycles. The number of amides is 2. The second-order valence-corrected chi connectivity index (χ2v) is 8.95. The van der Waals surface area contributed by atoms with Crippen molar-refractivity contribution >= 4 is 35.0 Å². The molecule has 0 unspecified atom stereocenters. The van der Waals surface area contributed by atoms with Gasteiger partial charge in [0.05, 0.1) is 10.0 Å². The van der Waals surface area contributed by atoms with Crippen LogP contribution in [0.2, 0.25) is 10.0 Å². The minimum absolute atomic E-state index is 0.118. The maximum atomic E-state index is 13.2. The number of nitrogens with zero attached hydrogens (tertiary/aromatic N) is 1. The molecular weight excluding hydrogens is 447 g/mol. The van der Waals surface area contributed by atoms with E-state index in [-0.39, 0.29) is 31.0 Å². The summed E-state index contributed by atoms with van der Waals surface area (Å²) >= 11 is 12.2. The largest absolute Gasteiger partial charge is 0.484 e. The van der Waals surface area contributed by atoms with Gasteiger partial charge in [-0.3, -0.25) is 9.59 Å². The third-order valence-corrected chi connectivity index (χ3v) is 6.52. The number of hydrogen-bond acceptors (Lipinski definition) is 3. The van der Waals surface area contributed by atoms with Crippen LogP contribution >= 0.6 is 23.2 Å². The summed E-state index contributed by atoms with van der Waals surface area (Å²) in [5, 5.41) is 4.03. The van der Waals surface area contributed by atoms with Crippen LogP contribution in [0.5, 0.6) is 5.75 Å². The molecule has 2 amide bonds. The Bertz CT molecular complexity index is 901. The summed E-state index contributed by atoms with van der Waals surface area (Å²) in [7, 11) is 0. The van der Waals surface area contributed by atoms with Crippen LogP contribution in [0.4, 0.5) is 0 Å². The van der Waals surface area contributed by atoms with Crippen molar-refractivity contribution in [3.05, 3.63) is 64.1 Å². The number of hydrogen-bond donors (Lipinski definition) is 1. The van der Waals surface area contributed by atoms with E-state index in [1.165, 1.54) is 6.42 Å². The topological polar surface area (TPSA) is 58.6 Å². The second kappa shape index (κ2) is 12.1. The van der Waals surface area contributed by atoms with Gasteiger partial charge in [0.1, 0.15) is 11.8 Å². The van der Waals surface area contributed by atoms with Crippen molar-refractivity contribution in [2.45, 2.75) is 64.1 Å². The van der Waals surface area contributed by atoms with Gasteiger partial charge in [-0.2, -0.15) is 0 Å². The van der Waals surface area contributed by atoms with Crippen LogP contribution in [-0.2, 0) is 16.1 Å². The highest BCUT2D eigenvalue weighted by molar-refractivity contribution is 6.42. The fraction of sp³-hybridized carbons (Fsp3) is 0.440. The lowest BCUT2D eigenvalue weighted by Gasteiger charge is -2.32. The van der Waals surface area contributed by atoms with Crippen LogP contribution in [0, 0.1) is 0 Å². The second-order valence-electron chi connectivity index (χ2n) is 8.14. The van der Waals surface area contributed by atoms with E-state index >= 15 is 0 Å². The van der Waals surface area contributed by atoms with Crippen LogP contribution in [0.1, 0.15) is 51.0 Å². The van der Waals surface area contributed by atoms with Gasteiger partial charge in [-0.1, -0.05) is 73.7 Å². The highest BCUT2D eigenvalue weighted by Crippen LogP contribution is 2.24. The molecule has 0 spiro atoms. The lowest BCUT2D eigenvalue weighted by Crippen LogP contribution is -2.52. The Labute approximate surface area is 200 Å². The van der Waals surface area contributed by atoms with Crippen LogP contribution in [0.3, 0.4) is 0 Å². The smallest absolute Gasteiger partial charge is 0.261 e. The van der Waals surface area contributed by atoms with E-state index in [0.29, 0.717) is 22.2 Å². The zero-order valence-electron chi connectivity index (χ0n) is 18.4. The van der Waals surface area contributed by atoms with Gasteiger partial charge in [-0.25, -0.2) is 0 Å². The summed E-state index contributed by atoms with van der Waals surface area (Å²) in [6, 6.07) is 14.0. The third kappa shape index (κ3) is 6.88. The van der Waals surface area contributed by atoms with Crippen molar-refractivity contribution in [3.63, 3.8) is 0 Å². The van der Waals surface area contributed by atoms with Gasteiger partial charge in [-0.05, 0) is 49.1 Å². The first-order valence-electron chi connectivity index (χ1n) is 11.2. The van der Waals surface area contributed by atoms with Gasteiger partial charge in [-0.15, -0.1) is 0 Å². The maximum absolute atomic E-state index is 13.2. The minimum atomic E-state index is -0.599. The number of halogens is 2. The zero-order chi connectivity index (χ0) is 22.9. The van der Waals surface area contributed by atoms with Gasteiger partial charge in [0, 0.05) is 12.6 Å². The highest BCUT2D eigenvalue weighted by atomic mass is 35.5. The maximum Gasteiger partial charge on any atom is 0.261 e. The Morgan fingerprint density at radius 1 is 1.06 bits per heavy atom. The number of para-hydroxylation sites is 1. The van der Waals surface area contributed by atoms with E-state index < -0.39 is 6.04 Å². The molecule has 0 aromatic heterocycles. The average Bonchev–Trinajstić information content (AvgIpc) is 2.81. The predicted molar refractivity (Wildman–Crippen MR) is 128 cm³/mol. The normalized spacial score (nSPS) is 15.1. The first kappa shape index (κ1) is 24.4. The first-order valence-corrected chi connectivity index (χ1v) is 11.9. The molecule has 32 heavy (non-hydrogen) atoms. The van der Waals surface area contributed by atoms with E-state index in [9.17, 15) is 9.59 Å². The van der Waals surface area contributed by atoms with Gasteiger partial charge in [0.2, 0.25) is 5.91 Å². The summed E-state index contributed by atoms with van der Waals surface area (Å²) in [5.74, 6) is 0.230. The molecule has 3 rings (SSSR count). The molecule has 0 heterocycles. The lowest BCUT2D eigenvalue weighted by molar-refractivity contribution is -0.143. The molecule has 5 nitrogen and oxygen atoms in total. The molecule has 172 valence electrons. The van der Waals surface area contributed by atoms with E-state index in [4.69, 9.17) is 27.9 Å². The van der Waals surface area contributed by atoms with Crippen molar-refractivity contribution in [1.82, 2.24) is 10.2 Å². The van der Waals surface area contributed by atoms with Crippen LogP contribution in [0.25, 0.3) is 0 Å². The Balaban J connectivity index is 1.77. The fourth-order valence-corrected chi connectivity index (χ4v) is 4.36. The summed E-state index contributed by atoms with van der Waals surface area (Å²) in [6.07, 6.45) is 5.93. The number of rotatable bonds is 9. The van der Waals surface area contributed by atoms with Crippen molar-refractivity contribution in [1.29, 1.82) is 0 Å². The number of carbonyl (C=O) groups excluding carboxylic acids is 2. The average molecular weight is 477 g/mol. The van der Waals surface area contributed by atoms with Gasteiger partial charge < -0.3 is 15.0 Å². The first-order chi connectivity index (χ1) is 15.5. The van der Waals surface area contributed by atoms with Crippen molar-refractivity contribution < 1.29 is 14.3 Å². The van der Waals surface area contributed by atoms with Gasteiger partial charge >= 0.3 is 0 Å². The molecule has 0 bridgehead atoms. The molecule has 1 aliphatic rings. The number of benzene rings is 2. The molecule has 1 fully saturated rings. The predicted octanol–water partition coefficient (Wildman–Crippen LogP) is 5.63. The molecule has 2 aromatic rings. The quantitative estimate of drug-likeness (QED) is 0.510. The van der Waals surface area contributed by atoms with Crippen LogP contribution in [-0.4, -0.2) is 35.4 Å². The van der Waals surface area contributed by atoms with Crippen molar-refractivity contribution in [3.8, 4) is 5.75 Å². The molecule has 0 saturated heterocycles. The Hall–Kier alpha value is -2.24. The Morgan fingerprint density at radius 2 is 1.78 bits per heavy atom. The van der Waals surface area contributed by atoms with Crippen LogP contribution in [0.15, 0.2) is 48.5 Å². The van der Waals surface area contributed by atoms with E-state index in [0.717, 1.165) is 31.2 Å².